The second-order valence-corrected chi connectivity index (χ2v) is 10.4. The van der Waals surface area contributed by atoms with Gasteiger partial charge in [-0.2, -0.15) is 5.10 Å². The van der Waals surface area contributed by atoms with Crippen molar-refractivity contribution in [3.05, 3.63) is 102 Å². The Labute approximate surface area is 241 Å². The molecule has 5 rings (SSSR count). The van der Waals surface area contributed by atoms with Crippen LogP contribution in [0.15, 0.2) is 63.2 Å². The minimum Gasteiger partial charge on any atom is -0.338 e. The predicted octanol–water partition coefficient (Wildman–Crippen LogP) is 2.96. The van der Waals surface area contributed by atoms with Gasteiger partial charge in [0.15, 0.2) is 0 Å². The van der Waals surface area contributed by atoms with Crippen molar-refractivity contribution in [1.29, 1.82) is 0 Å². The Balaban J connectivity index is 0.000000189. The van der Waals surface area contributed by atoms with Gasteiger partial charge in [0.1, 0.15) is 5.56 Å². The van der Waals surface area contributed by atoms with E-state index in [1.807, 2.05) is 41.3 Å². The van der Waals surface area contributed by atoms with E-state index in [4.69, 9.17) is 23.2 Å². The molecule has 0 radical (unpaired) electrons. The van der Waals surface area contributed by atoms with Crippen molar-refractivity contribution in [2.45, 2.75) is 32.4 Å². The summed E-state index contributed by atoms with van der Waals surface area (Å²) in [5, 5.41) is 8.18. The molecule has 12 heteroatoms. The molecular formula is C28H30Cl2N6O4. The zero-order chi connectivity index (χ0) is 28.8. The van der Waals surface area contributed by atoms with Crippen LogP contribution in [0, 0.1) is 0 Å². The highest BCUT2D eigenvalue weighted by Crippen LogP contribution is 2.18. The van der Waals surface area contributed by atoms with Crippen molar-refractivity contribution in [2.75, 3.05) is 20.1 Å². The van der Waals surface area contributed by atoms with Crippen LogP contribution in [0.2, 0.25) is 10.0 Å². The van der Waals surface area contributed by atoms with E-state index >= 15 is 0 Å². The normalized spacial score (nSPS) is 15.9. The van der Waals surface area contributed by atoms with Crippen LogP contribution in [0.4, 0.5) is 0 Å². The number of hydrazone groups is 1. The van der Waals surface area contributed by atoms with Crippen LogP contribution in [0.3, 0.4) is 0 Å². The highest BCUT2D eigenvalue weighted by Gasteiger charge is 2.29. The number of amides is 2. The van der Waals surface area contributed by atoms with Gasteiger partial charge < -0.3 is 15.2 Å². The lowest BCUT2D eigenvalue weighted by Crippen LogP contribution is -2.47. The minimum atomic E-state index is -0.753. The van der Waals surface area contributed by atoms with E-state index in [0.717, 1.165) is 27.9 Å². The third kappa shape index (κ3) is 7.00. The monoisotopic (exact) mass is 584 g/mol. The van der Waals surface area contributed by atoms with Crippen LogP contribution >= 0.6 is 23.2 Å². The molecule has 2 amide bonds. The van der Waals surface area contributed by atoms with Gasteiger partial charge in [0.25, 0.3) is 11.3 Å². The fourth-order valence-electron chi connectivity index (χ4n) is 4.67. The largest absolute Gasteiger partial charge is 0.338 e. The molecule has 0 saturated carbocycles. The van der Waals surface area contributed by atoms with Crippen molar-refractivity contribution in [1.82, 2.24) is 25.0 Å². The Morgan fingerprint density at radius 2 is 1.50 bits per heavy atom. The number of hydrogen-bond donors (Lipinski definition) is 2. The summed E-state index contributed by atoms with van der Waals surface area (Å²) in [7, 11) is 3.21. The molecule has 3 heterocycles. The van der Waals surface area contributed by atoms with E-state index < -0.39 is 16.9 Å². The van der Waals surface area contributed by atoms with E-state index in [1.165, 1.54) is 7.05 Å². The van der Waals surface area contributed by atoms with Gasteiger partial charge in [-0.3, -0.25) is 29.0 Å². The van der Waals surface area contributed by atoms with Gasteiger partial charge in [-0.25, -0.2) is 0 Å². The molecule has 10 nitrogen and oxygen atoms in total. The molecule has 2 N–H and O–H groups in total. The smallest absolute Gasteiger partial charge is 0.313 e. The first-order valence-electron chi connectivity index (χ1n) is 12.8. The van der Waals surface area contributed by atoms with Crippen LogP contribution in [0.1, 0.15) is 40.0 Å². The lowest BCUT2D eigenvalue weighted by atomic mass is 10.0. The molecule has 210 valence electrons. The Bertz CT molecular complexity index is 1560. The summed E-state index contributed by atoms with van der Waals surface area (Å²) in [5.74, 6) is -0.296. The van der Waals surface area contributed by atoms with Gasteiger partial charge in [0.2, 0.25) is 5.91 Å². The van der Waals surface area contributed by atoms with Crippen LogP contribution in [0.5, 0.6) is 0 Å². The maximum Gasteiger partial charge on any atom is 0.313 e. The van der Waals surface area contributed by atoms with Crippen LogP contribution in [-0.4, -0.2) is 57.2 Å². The summed E-state index contributed by atoms with van der Waals surface area (Å²) < 4.78 is 1.11. The fraction of sp³-hybridized carbons (Fsp3) is 0.321. The molecule has 0 spiro atoms. The Hall–Kier alpha value is -3.89. The second-order valence-electron chi connectivity index (χ2n) is 9.54. The van der Waals surface area contributed by atoms with E-state index in [9.17, 15) is 19.2 Å². The molecule has 1 fully saturated rings. The summed E-state index contributed by atoms with van der Waals surface area (Å²) in [6.07, 6.45) is 1.74. The molecule has 0 atom stereocenters. The van der Waals surface area contributed by atoms with Gasteiger partial charge in [-0.1, -0.05) is 47.5 Å². The SMILES string of the molecule is CN/N=C1\CCN(Cc2cccc(Cl)c2)C(=O)C1.Cn1[nH]c2c(c(=O)c1=O)C(=O)N(Cc1cccc(Cl)c1)CC2. The van der Waals surface area contributed by atoms with Crippen molar-refractivity contribution in [2.24, 2.45) is 12.1 Å². The van der Waals surface area contributed by atoms with E-state index in [0.29, 0.717) is 54.8 Å². The van der Waals surface area contributed by atoms with Gasteiger partial charge in [0, 0.05) is 68.9 Å². The zero-order valence-electron chi connectivity index (χ0n) is 22.2. The quantitative estimate of drug-likeness (QED) is 0.353. The number of benzene rings is 2. The number of carbonyl (C=O) groups excluding carboxylic acids is 2. The van der Waals surface area contributed by atoms with Gasteiger partial charge >= 0.3 is 5.56 Å². The van der Waals surface area contributed by atoms with Crippen LogP contribution in [0.25, 0.3) is 0 Å². The molecule has 1 saturated heterocycles. The lowest BCUT2D eigenvalue weighted by molar-refractivity contribution is -0.131. The molecule has 2 aliphatic rings. The first kappa shape index (κ1) is 29.1. The Morgan fingerprint density at radius 3 is 2.08 bits per heavy atom. The van der Waals surface area contributed by atoms with Crippen molar-refractivity contribution >= 4 is 40.7 Å². The minimum absolute atomic E-state index is 0.0450. The number of halogens is 2. The predicted molar refractivity (Wildman–Crippen MR) is 155 cm³/mol. The number of likely N-dealkylation sites (tertiary alicyclic amines) is 1. The highest BCUT2D eigenvalue weighted by molar-refractivity contribution is 6.30. The number of nitrogens with zero attached hydrogens (tertiary/aromatic N) is 4. The average molecular weight is 585 g/mol. The van der Waals surface area contributed by atoms with Crippen molar-refractivity contribution in [3.63, 3.8) is 0 Å². The molecule has 2 aromatic carbocycles. The maximum absolute atomic E-state index is 12.5. The number of carbonyl (C=O) groups is 2. The second kappa shape index (κ2) is 13.0. The lowest BCUT2D eigenvalue weighted by Gasteiger charge is -2.28. The summed E-state index contributed by atoms with van der Waals surface area (Å²) >= 11 is 11.9. The molecule has 1 aromatic heterocycles. The van der Waals surface area contributed by atoms with Gasteiger partial charge in [-0.05, 0) is 35.4 Å². The standard InChI is InChI=1S/C15H14ClN3O3.C13H16ClN3O/c1-18-15(22)13(20)12-11(17-18)5-6-19(14(12)21)8-9-3-2-4-10(16)7-9;1-15-16-12-5-6-17(13(18)8-12)9-10-3-2-4-11(14)7-10/h2-4,7,17H,5-6,8H2,1H3;2-4,7,15H,5-6,8-9H2,1H3/b;16-12+. The molecule has 3 aromatic rings. The number of aromatic nitrogens is 2. The zero-order valence-corrected chi connectivity index (χ0v) is 23.8. The molecule has 0 bridgehead atoms. The first-order chi connectivity index (χ1) is 19.2. The van der Waals surface area contributed by atoms with E-state index in [1.54, 1.807) is 24.1 Å². The molecule has 0 unspecified atom stereocenters. The average Bonchev–Trinajstić information content (AvgIpc) is 2.91. The number of fused-ring (bicyclic) bond motifs is 1. The maximum atomic E-state index is 12.5. The summed E-state index contributed by atoms with van der Waals surface area (Å²) in [6.45, 7) is 2.16. The van der Waals surface area contributed by atoms with Crippen molar-refractivity contribution in [3.8, 4) is 0 Å². The molecule has 0 aliphatic carbocycles. The number of nitrogens with one attached hydrogen (secondary N) is 2. The number of H-pyrrole nitrogens is 1. The van der Waals surface area contributed by atoms with Crippen molar-refractivity contribution < 1.29 is 9.59 Å². The topological polar surface area (TPSA) is 120 Å². The summed E-state index contributed by atoms with van der Waals surface area (Å²) in [6, 6.07) is 14.8. The van der Waals surface area contributed by atoms with Crippen LogP contribution in [-0.2, 0) is 31.4 Å². The molecule has 40 heavy (non-hydrogen) atoms. The van der Waals surface area contributed by atoms with Crippen LogP contribution < -0.4 is 16.4 Å². The highest BCUT2D eigenvalue weighted by atomic mass is 35.5. The van der Waals surface area contributed by atoms with E-state index in [-0.39, 0.29) is 11.5 Å². The Morgan fingerprint density at radius 1 is 0.900 bits per heavy atom. The third-order valence-corrected chi connectivity index (χ3v) is 7.11. The number of aryl methyl sites for hydroxylation is 1. The number of rotatable bonds is 5. The first-order valence-corrected chi connectivity index (χ1v) is 13.5. The number of aromatic amines is 1. The number of hydrogen-bond acceptors (Lipinski definition) is 6. The Kier molecular flexibility index (Phi) is 9.44. The summed E-state index contributed by atoms with van der Waals surface area (Å²) in [5.41, 5.74) is 4.58. The number of piperidine rings is 1. The molecular weight excluding hydrogens is 555 g/mol. The summed E-state index contributed by atoms with van der Waals surface area (Å²) in [4.78, 5) is 51.7. The third-order valence-electron chi connectivity index (χ3n) is 6.64. The van der Waals surface area contributed by atoms with E-state index in [2.05, 4.69) is 15.6 Å². The van der Waals surface area contributed by atoms with Gasteiger partial charge in [0.05, 0.1) is 12.1 Å². The molecule has 2 aliphatic heterocycles. The van der Waals surface area contributed by atoms with Gasteiger partial charge in [-0.15, -0.1) is 0 Å². The fourth-order valence-corrected chi connectivity index (χ4v) is 5.09.